The van der Waals surface area contributed by atoms with Crippen LogP contribution in [0.3, 0.4) is 0 Å². The maximum absolute atomic E-state index is 14.2. The standard InChI is InChI=1S/C21H29F2NO6S/c1-13(2)29-21(25)24-6-4-14(5-7-24)8-15-11-27-20(28-12-15)16-9-17(22)19(18(23)10-16)31-30-26-3/h9-10,13-15,20H,4-8,11-12H2,1-3H3. The average Bonchev–Trinajstić information content (AvgIpc) is 2.73. The van der Waals surface area contributed by atoms with Crippen LogP contribution in [0, 0.1) is 23.5 Å². The number of likely N-dealkylation sites (tertiary alicyclic amines) is 1. The SMILES string of the molecule is COOSc1c(F)cc(C2OCC(CC3CCN(C(=O)OC(C)C)CC3)CO2)cc1F. The lowest BCUT2D eigenvalue weighted by molar-refractivity contribution is -0.208. The minimum Gasteiger partial charge on any atom is -0.447 e. The minimum atomic E-state index is -0.810. The Hall–Kier alpha value is -1.46. The van der Waals surface area contributed by atoms with Crippen LogP contribution in [-0.2, 0) is 23.4 Å². The Morgan fingerprint density at radius 3 is 2.32 bits per heavy atom. The van der Waals surface area contributed by atoms with Gasteiger partial charge in [-0.2, -0.15) is 4.33 Å². The van der Waals surface area contributed by atoms with E-state index in [4.69, 9.17) is 14.2 Å². The molecule has 7 nitrogen and oxygen atoms in total. The van der Waals surface area contributed by atoms with Crippen molar-refractivity contribution in [3.8, 4) is 0 Å². The van der Waals surface area contributed by atoms with Gasteiger partial charge in [0.15, 0.2) is 6.29 Å². The van der Waals surface area contributed by atoms with Gasteiger partial charge in [0.2, 0.25) is 0 Å². The molecular formula is C21H29F2NO6S. The Balaban J connectivity index is 1.45. The van der Waals surface area contributed by atoms with Crippen molar-refractivity contribution in [2.75, 3.05) is 33.4 Å². The first-order valence-electron chi connectivity index (χ1n) is 10.4. The molecular weight excluding hydrogens is 432 g/mol. The van der Waals surface area contributed by atoms with Crippen molar-refractivity contribution in [3.63, 3.8) is 0 Å². The van der Waals surface area contributed by atoms with Gasteiger partial charge in [-0.1, -0.05) is 0 Å². The second kappa shape index (κ2) is 11.4. The second-order valence-corrected chi connectivity index (χ2v) is 8.81. The molecule has 0 saturated carbocycles. The molecule has 0 N–H and O–H groups in total. The summed E-state index contributed by atoms with van der Waals surface area (Å²) in [5.41, 5.74) is 0.284. The van der Waals surface area contributed by atoms with Gasteiger partial charge < -0.3 is 19.1 Å². The zero-order valence-corrected chi connectivity index (χ0v) is 18.8. The van der Waals surface area contributed by atoms with Gasteiger partial charge >= 0.3 is 6.09 Å². The topological polar surface area (TPSA) is 66.5 Å². The number of carbonyl (C=O) groups is 1. The molecule has 0 radical (unpaired) electrons. The van der Waals surface area contributed by atoms with E-state index in [-0.39, 0.29) is 28.6 Å². The van der Waals surface area contributed by atoms with Crippen LogP contribution in [0.5, 0.6) is 0 Å². The van der Waals surface area contributed by atoms with Gasteiger partial charge in [-0.05, 0) is 51.2 Å². The van der Waals surface area contributed by atoms with Crippen LogP contribution >= 0.6 is 12.0 Å². The molecule has 0 aliphatic carbocycles. The lowest BCUT2D eigenvalue weighted by atomic mass is 9.87. The van der Waals surface area contributed by atoms with Gasteiger partial charge in [0, 0.05) is 24.6 Å². The van der Waals surface area contributed by atoms with Gasteiger partial charge in [0.05, 0.1) is 38.5 Å². The Kier molecular flexibility index (Phi) is 8.91. The highest BCUT2D eigenvalue weighted by atomic mass is 32.2. The molecule has 1 aromatic carbocycles. The van der Waals surface area contributed by atoms with E-state index in [1.165, 1.54) is 19.2 Å². The zero-order valence-electron chi connectivity index (χ0n) is 18.0. The normalized spacial score (nSPS) is 22.7. The van der Waals surface area contributed by atoms with Crippen molar-refractivity contribution in [1.29, 1.82) is 0 Å². The third-order valence-corrected chi connectivity index (χ3v) is 6.08. The third kappa shape index (κ3) is 6.76. The maximum atomic E-state index is 14.2. The predicted molar refractivity (Wildman–Crippen MR) is 109 cm³/mol. The Bertz CT molecular complexity index is 714. The van der Waals surface area contributed by atoms with Crippen molar-refractivity contribution in [3.05, 3.63) is 29.3 Å². The summed E-state index contributed by atoms with van der Waals surface area (Å²) in [5, 5.41) is 0. The number of benzene rings is 1. The van der Waals surface area contributed by atoms with Crippen LogP contribution in [0.1, 0.15) is 45.0 Å². The molecule has 174 valence electrons. The lowest BCUT2D eigenvalue weighted by Gasteiger charge is -2.35. The highest BCUT2D eigenvalue weighted by molar-refractivity contribution is 7.94. The van der Waals surface area contributed by atoms with Crippen LogP contribution in [-0.4, -0.2) is 50.5 Å². The van der Waals surface area contributed by atoms with Crippen molar-refractivity contribution < 1.29 is 37.0 Å². The molecule has 3 rings (SSSR count). The number of carbonyl (C=O) groups excluding carboxylic acids is 1. The molecule has 0 spiro atoms. The van der Waals surface area contributed by atoms with Gasteiger partial charge in [-0.3, -0.25) is 0 Å². The third-order valence-electron chi connectivity index (χ3n) is 5.32. The van der Waals surface area contributed by atoms with Crippen molar-refractivity contribution in [1.82, 2.24) is 4.90 Å². The van der Waals surface area contributed by atoms with Crippen LogP contribution in [0.15, 0.2) is 17.0 Å². The van der Waals surface area contributed by atoms with Crippen molar-refractivity contribution >= 4 is 18.1 Å². The summed E-state index contributed by atoms with van der Waals surface area (Å²) in [4.78, 5) is 17.8. The van der Waals surface area contributed by atoms with E-state index < -0.39 is 17.9 Å². The molecule has 0 unspecified atom stereocenters. The second-order valence-electron chi connectivity index (χ2n) is 8.09. The molecule has 2 saturated heterocycles. The largest absolute Gasteiger partial charge is 0.447 e. The van der Waals surface area contributed by atoms with E-state index in [0.29, 0.717) is 44.3 Å². The summed E-state index contributed by atoms with van der Waals surface area (Å²) in [7, 11) is 1.25. The molecule has 10 heteroatoms. The quantitative estimate of drug-likeness (QED) is 0.326. The predicted octanol–water partition coefficient (Wildman–Crippen LogP) is 4.86. The first kappa shape index (κ1) is 24.2. The summed E-state index contributed by atoms with van der Waals surface area (Å²) >= 11 is 0.467. The summed E-state index contributed by atoms with van der Waals surface area (Å²) in [6, 6.07) is 2.36. The lowest BCUT2D eigenvalue weighted by Crippen LogP contribution is -2.40. The Morgan fingerprint density at radius 2 is 1.77 bits per heavy atom. The molecule has 2 fully saturated rings. The maximum Gasteiger partial charge on any atom is 0.410 e. The number of nitrogens with zero attached hydrogens (tertiary/aromatic N) is 1. The summed E-state index contributed by atoms with van der Waals surface area (Å²) in [5.74, 6) is -0.859. The van der Waals surface area contributed by atoms with E-state index in [1.807, 2.05) is 13.8 Å². The van der Waals surface area contributed by atoms with Gasteiger partial charge in [0.1, 0.15) is 16.5 Å². The molecule has 1 aromatic rings. The van der Waals surface area contributed by atoms with E-state index in [2.05, 4.69) is 9.22 Å². The highest BCUT2D eigenvalue weighted by Gasteiger charge is 2.30. The highest BCUT2D eigenvalue weighted by Crippen LogP contribution is 2.34. The molecule has 2 heterocycles. The summed E-state index contributed by atoms with van der Waals surface area (Å²) in [6.45, 7) is 5.95. The van der Waals surface area contributed by atoms with Crippen molar-refractivity contribution in [2.45, 2.75) is 50.4 Å². The number of amides is 1. The molecule has 0 aromatic heterocycles. The van der Waals surface area contributed by atoms with E-state index in [0.717, 1.165) is 19.3 Å². The van der Waals surface area contributed by atoms with Gasteiger partial charge in [-0.25, -0.2) is 18.5 Å². The monoisotopic (exact) mass is 461 g/mol. The van der Waals surface area contributed by atoms with Crippen LogP contribution in [0.4, 0.5) is 13.6 Å². The van der Waals surface area contributed by atoms with Gasteiger partial charge in [0.25, 0.3) is 0 Å². The first-order chi connectivity index (χ1) is 14.9. The number of hydrogen-bond acceptors (Lipinski definition) is 7. The van der Waals surface area contributed by atoms with Crippen LogP contribution in [0.2, 0.25) is 0 Å². The fourth-order valence-corrected chi connectivity index (χ4v) is 4.25. The zero-order chi connectivity index (χ0) is 22.4. The Morgan fingerprint density at radius 1 is 1.16 bits per heavy atom. The number of halogens is 2. The van der Waals surface area contributed by atoms with E-state index >= 15 is 0 Å². The summed E-state index contributed by atoms with van der Waals surface area (Å²) in [6.07, 6.45) is 1.56. The minimum absolute atomic E-state index is 0.120. The number of hydrogen-bond donors (Lipinski definition) is 0. The molecule has 1 amide bonds. The van der Waals surface area contributed by atoms with E-state index in [1.54, 1.807) is 4.90 Å². The average molecular weight is 462 g/mol. The summed E-state index contributed by atoms with van der Waals surface area (Å²) < 4.78 is 49.7. The molecule has 31 heavy (non-hydrogen) atoms. The first-order valence-corrected chi connectivity index (χ1v) is 11.2. The number of piperidine rings is 1. The van der Waals surface area contributed by atoms with Gasteiger partial charge in [-0.15, -0.1) is 0 Å². The van der Waals surface area contributed by atoms with E-state index in [9.17, 15) is 13.6 Å². The fourth-order valence-electron chi connectivity index (χ4n) is 3.83. The molecule has 2 aliphatic heterocycles. The molecule has 2 aliphatic rings. The van der Waals surface area contributed by atoms with Crippen LogP contribution < -0.4 is 0 Å². The number of rotatable bonds is 7. The molecule has 0 atom stereocenters. The van der Waals surface area contributed by atoms with Crippen molar-refractivity contribution in [2.24, 2.45) is 11.8 Å². The molecule has 0 bridgehead atoms. The van der Waals surface area contributed by atoms with Crippen LogP contribution in [0.25, 0.3) is 0 Å². The number of ether oxygens (including phenoxy) is 3. The Labute approximate surface area is 185 Å². The smallest absolute Gasteiger partial charge is 0.410 e. The fraction of sp³-hybridized carbons (Fsp3) is 0.667.